The topological polar surface area (TPSA) is 43.8 Å². The molecule has 0 saturated heterocycles. The molecule has 3 nitrogen and oxygen atoms in total. The van der Waals surface area contributed by atoms with Crippen LogP contribution in [-0.4, -0.2) is 9.55 Å². The first-order chi connectivity index (χ1) is 9.54. The van der Waals surface area contributed by atoms with Gasteiger partial charge in [-0.25, -0.2) is 9.37 Å². The summed E-state index contributed by atoms with van der Waals surface area (Å²) in [6.07, 6.45) is 1.75. The molecule has 1 aromatic heterocycles. The molecule has 2 aromatic carbocycles. The molecule has 102 valence electrons. The van der Waals surface area contributed by atoms with E-state index in [0.29, 0.717) is 17.8 Å². The van der Waals surface area contributed by atoms with Crippen LogP contribution < -0.4 is 5.73 Å². The number of aromatic nitrogens is 2. The van der Waals surface area contributed by atoms with Crippen molar-refractivity contribution in [2.75, 3.05) is 5.73 Å². The molecule has 0 fully saturated rings. The third-order valence-corrected chi connectivity index (χ3v) is 3.65. The van der Waals surface area contributed by atoms with Gasteiger partial charge in [-0.2, -0.15) is 0 Å². The van der Waals surface area contributed by atoms with Crippen molar-refractivity contribution in [1.82, 2.24) is 9.55 Å². The Balaban J connectivity index is 2.04. The number of aryl methyl sites for hydroxylation is 2. The molecule has 0 unspecified atom stereocenters. The normalized spacial score (nSPS) is 11.2. The van der Waals surface area contributed by atoms with Crippen molar-refractivity contribution in [2.24, 2.45) is 0 Å². The standard InChI is InChI=1S/C16H16FN3/c1-10-5-15-16(6-11(10)2)20(9-19-15)8-12-3-4-13(18)7-14(12)17/h3-7,9H,8,18H2,1-2H3. The maximum atomic E-state index is 13.9. The minimum Gasteiger partial charge on any atom is -0.399 e. The molecule has 4 heteroatoms. The van der Waals surface area contributed by atoms with Gasteiger partial charge in [0.25, 0.3) is 0 Å². The van der Waals surface area contributed by atoms with Crippen LogP contribution in [0.15, 0.2) is 36.7 Å². The highest BCUT2D eigenvalue weighted by Gasteiger charge is 2.08. The molecule has 0 amide bonds. The fourth-order valence-corrected chi connectivity index (χ4v) is 2.31. The van der Waals surface area contributed by atoms with Crippen LogP contribution in [0.2, 0.25) is 0 Å². The number of fused-ring (bicyclic) bond motifs is 1. The maximum Gasteiger partial charge on any atom is 0.130 e. The Morgan fingerprint density at radius 1 is 1.15 bits per heavy atom. The monoisotopic (exact) mass is 269 g/mol. The van der Waals surface area contributed by atoms with Crippen LogP contribution in [0.4, 0.5) is 10.1 Å². The fourth-order valence-electron chi connectivity index (χ4n) is 2.31. The van der Waals surface area contributed by atoms with Gasteiger partial charge in [-0.1, -0.05) is 6.07 Å². The number of nitrogens with zero attached hydrogens (tertiary/aromatic N) is 2. The first-order valence-electron chi connectivity index (χ1n) is 6.50. The molecule has 3 rings (SSSR count). The van der Waals surface area contributed by atoms with E-state index in [-0.39, 0.29) is 5.82 Å². The Morgan fingerprint density at radius 2 is 1.90 bits per heavy atom. The second-order valence-electron chi connectivity index (χ2n) is 5.15. The minimum atomic E-state index is -0.282. The van der Waals surface area contributed by atoms with Gasteiger partial charge in [0.2, 0.25) is 0 Å². The van der Waals surface area contributed by atoms with Crippen LogP contribution in [0.1, 0.15) is 16.7 Å². The molecule has 0 radical (unpaired) electrons. The lowest BCUT2D eigenvalue weighted by atomic mass is 10.1. The lowest BCUT2D eigenvalue weighted by molar-refractivity contribution is 0.602. The number of benzene rings is 2. The van der Waals surface area contributed by atoms with Crippen molar-refractivity contribution in [1.29, 1.82) is 0 Å². The molecular formula is C16H16FN3. The summed E-state index contributed by atoms with van der Waals surface area (Å²) in [4.78, 5) is 4.38. The van der Waals surface area contributed by atoms with Gasteiger partial charge in [-0.3, -0.25) is 0 Å². The van der Waals surface area contributed by atoms with Gasteiger partial charge >= 0.3 is 0 Å². The maximum absolute atomic E-state index is 13.9. The Morgan fingerprint density at radius 3 is 2.65 bits per heavy atom. The van der Waals surface area contributed by atoms with E-state index in [1.165, 1.54) is 17.2 Å². The zero-order valence-electron chi connectivity index (χ0n) is 11.5. The van der Waals surface area contributed by atoms with Gasteiger partial charge in [0.1, 0.15) is 5.82 Å². The summed E-state index contributed by atoms with van der Waals surface area (Å²) < 4.78 is 15.8. The van der Waals surface area contributed by atoms with Crippen LogP contribution in [0.3, 0.4) is 0 Å². The first kappa shape index (κ1) is 12.7. The lowest BCUT2D eigenvalue weighted by Crippen LogP contribution is -2.01. The fraction of sp³-hybridized carbons (Fsp3) is 0.188. The van der Waals surface area contributed by atoms with E-state index < -0.39 is 0 Å². The van der Waals surface area contributed by atoms with Crippen LogP contribution in [0.5, 0.6) is 0 Å². The molecule has 0 aliphatic rings. The van der Waals surface area contributed by atoms with Crippen molar-refractivity contribution in [2.45, 2.75) is 20.4 Å². The van der Waals surface area contributed by atoms with Crippen LogP contribution in [-0.2, 0) is 6.54 Å². The van der Waals surface area contributed by atoms with Gasteiger partial charge in [-0.05, 0) is 49.2 Å². The highest BCUT2D eigenvalue weighted by atomic mass is 19.1. The van der Waals surface area contributed by atoms with Crippen molar-refractivity contribution in [3.63, 3.8) is 0 Å². The second-order valence-corrected chi connectivity index (χ2v) is 5.15. The van der Waals surface area contributed by atoms with Gasteiger partial charge in [0.05, 0.1) is 23.9 Å². The SMILES string of the molecule is Cc1cc2ncn(Cc3ccc(N)cc3F)c2cc1C. The van der Waals surface area contributed by atoms with Crippen LogP contribution in [0.25, 0.3) is 11.0 Å². The average molecular weight is 269 g/mol. The molecule has 0 bridgehead atoms. The molecule has 20 heavy (non-hydrogen) atoms. The molecular weight excluding hydrogens is 253 g/mol. The van der Waals surface area contributed by atoms with E-state index in [4.69, 9.17) is 5.73 Å². The predicted molar refractivity (Wildman–Crippen MR) is 79.1 cm³/mol. The second kappa shape index (κ2) is 4.63. The molecule has 3 aromatic rings. The van der Waals surface area contributed by atoms with E-state index in [1.54, 1.807) is 18.5 Å². The van der Waals surface area contributed by atoms with Crippen LogP contribution >= 0.6 is 0 Å². The van der Waals surface area contributed by atoms with Crippen molar-refractivity contribution in [3.8, 4) is 0 Å². The molecule has 2 N–H and O–H groups in total. The number of hydrogen-bond donors (Lipinski definition) is 1. The van der Waals surface area contributed by atoms with Crippen molar-refractivity contribution >= 4 is 16.7 Å². The molecule has 0 aliphatic carbocycles. The zero-order valence-corrected chi connectivity index (χ0v) is 11.5. The Kier molecular flexibility index (Phi) is 2.93. The molecule has 0 aliphatic heterocycles. The van der Waals surface area contributed by atoms with Crippen molar-refractivity contribution in [3.05, 3.63) is 59.2 Å². The molecule has 0 atom stereocenters. The average Bonchev–Trinajstić information content (AvgIpc) is 2.76. The first-order valence-corrected chi connectivity index (χ1v) is 6.50. The summed E-state index contributed by atoms with van der Waals surface area (Å²) in [5.41, 5.74) is 11.0. The number of halogens is 1. The third-order valence-electron chi connectivity index (χ3n) is 3.65. The molecule has 0 saturated carbocycles. The van der Waals surface area contributed by atoms with Gasteiger partial charge < -0.3 is 10.3 Å². The Bertz CT molecular complexity index is 790. The number of hydrogen-bond acceptors (Lipinski definition) is 2. The quantitative estimate of drug-likeness (QED) is 0.724. The highest BCUT2D eigenvalue weighted by Crippen LogP contribution is 2.20. The molecule has 0 spiro atoms. The lowest BCUT2D eigenvalue weighted by Gasteiger charge is -2.08. The summed E-state index contributed by atoms with van der Waals surface area (Å²) in [7, 11) is 0. The van der Waals surface area contributed by atoms with E-state index >= 15 is 0 Å². The summed E-state index contributed by atoms with van der Waals surface area (Å²) in [5.74, 6) is -0.282. The Hall–Kier alpha value is -2.36. The summed E-state index contributed by atoms with van der Waals surface area (Å²) in [6, 6.07) is 8.93. The van der Waals surface area contributed by atoms with E-state index in [9.17, 15) is 4.39 Å². The van der Waals surface area contributed by atoms with Gasteiger partial charge in [-0.15, -0.1) is 0 Å². The van der Waals surface area contributed by atoms with Gasteiger partial charge in [0.15, 0.2) is 0 Å². The number of nitrogen functional groups attached to an aromatic ring is 1. The number of rotatable bonds is 2. The minimum absolute atomic E-state index is 0.282. The highest BCUT2D eigenvalue weighted by molar-refractivity contribution is 5.77. The van der Waals surface area contributed by atoms with E-state index in [1.807, 2.05) is 4.57 Å². The number of imidazole rings is 1. The van der Waals surface area contributed by atoms with Crippen molar-refractivity contribution < 1.29 is 4.39 Å². The van der Waals surface area contributed by atoms with Crippen LogP contribution in [0, 0.1) is 19.7 Å². The van der Waals surface area contributed by atoms with E-state index in [0.717, 1.165) is 11.0 Å². The summed E-state index contributed by atoms with van der Waals surface area (Å²) >= 11 is 0. The van der Waals surface area contributed by atoms with E-state index in [2.05, 4.69) is 31.0 Å². The Labute approximate surface area is 116 Å². The summed E-state index contributed by atoms with van der Waals surface area (Å²) in [5, 5.41) is 0. The molecule has 1 heterocycles. The number of anilines is 1. The third kappa shape index (κ3) is 2.13. The smallest absolute Gasteiger partial charge is 0.130 e. The number of nitrogens with two attached hydrogens (primary N) is 1. The predicted octanol–water partition coefficient (Wildman–Crippen LogP) is 3.42. The summed E-state index contributed by atoms with van der Waals surface area (Å²) in [6.45, 7) is 4.58. The van der Waals surface area contributed by atoms with Gasteiger partial charge in [0, 0.05) is 11.3 Å². The largest absolute Gasteiger partial charge is 0.399 e. The zero-order chi connectivity index (χ0) is 14.3.